The predicted octanol–water partition coefficient (Wildman–Crippen LogP) is 3.24. The van der Waals surface area contributed by atoms with Gasteiger partial charge in [0.25, 0.3) is 0 Å². The molecule has 3 heterocycles. The second-order valence-electron chi connectivity index (χ2n) is 7.40. The van der Waals surface area contributed by atoms with Gasteiger partial charge < -0.3 is 20.5 Å². The third-order valence-corrected chi connectivity index (χ3v) is 3.69. The van der Waals surface area contributed by atoms with Crippen molar-refractivity contribution in [2.75, 3.05) is 12.3 Å². The Labute approximate surface area is 168 Å². The first-order valence-corrected chi connectivity index (χ1v) is 9.12. The summed E-state index contributed by atoms with van der Waals surface area (Å²) in [7, 11) is 0. The molecule has 0 atom stereocenters. The Balaban J connectivity index is 1.58. The van der Waals surface area contributed by atoms with Crippen LogP contribution >= 0.6 is 0 Å². The maximum atomic E-state index is 11.7. The first-order chi connectivity index (χ1) is 13.8. The molecule has 3 rings (SSSR count). The smallest absolute Gasteiger partial charge is 0.407 e. The van der Waals surface area contributed by atoms with Gasteiger partial charge in [0.05, 0.1) is 24.6 Å². The minimum absolute atomic E-state index is 0.212. The lowest BCUT2D eigenvalue weighted by atomic mass is 10.1. The van der Waals surface area contributed by atoms with Gasteiger partial charge in [0, 0.05) is 29.6 Å². The van der Waals surface area contributed by atoms with Gasteiger partial charge in [0.2, 0.25) is 0 Å². The van der Waals surface area contributed by atoms with E-state index in [4.69, 9.17) is 15.2 Å². The Morgan fingerprint density at radius 2 is 2.00 bits per heavy atom. The lowest BCUT2D eigenvalue weighted by Gasteiger charge is -2.19. The number of nitrogens with one attached hydrogen (secondary N) is 1. The molecule has 0 unspecified atom stereocenters. The summed E-state index contributed by atoms with van der Waals surface area (Å²) in [5.74, 6) is 1.63. The van der Waals surface area contributed by atoms with Crippen molar-refractivity contribution in [1.29, 1.82) is 0 Å². The number of aromatic nitrogens is 4. The molecule has 0 aliphatic rings. The standard InChI is InChI=1S/C20H24N6O3/c1-20(2,3)25-19(27)28-9-8-26-13-14(11-24-26)17-10-15(6-7-22-17)29-16-4-5-18(21)23-12-16/h4-7,10-13H,8-9H2,1-3H3,(H2,21,23)(H,25,27). The Bertz CT molecular complexity index is 963. The van der Waals surface area contributed by atoms with Gasteiger partial charge in [0.15, 0.2) is 0 Å². The van der Waals surface area contributed by atoms with E-state index in [0.29, 0.717) is 29.6 Å². The fraction of sp³-hybridized carbons (Fsp3) is 0.300. The fourth-order valence-electron chi connectivity index (χ4n) is 2.41. The molecule has 0 radical (unpaired) electrons. The summed E-state index contributed by atoms with van der Waals surface area (Å²) in [6, 6.07) is 6.98. The van der Waals surface area contributed by atoms with Crippen LogP contribution in [0.3, 0.4) is 0 Å². The second kappa shape index (κ2) is 8.59. The SMILES string of the molecule is CC(C)(C)NC(=O)OCCn1cc(-c2cc(Oc3ccc(N)nc3)ccn2)cn1. The summed E-state index contributed by atoms with van der Waals surface area (Å²) < 4.78 is 12.6. The normalized spacial score (nSPS) is 11.1. The van der Waals surface area contributed by atoms with Gasteiger partial charge in [-0.1, -0.05) is 0 Å². The van der Waals surface area contributed by atoms with Crippen LogP contribution in [-0.4, -0.2) is 38.0 Å². The van der Waals surface area contributed by atoms with Crippen molar-refractivity contribution in [1.82, 2.24) is 25.1 Å². The van der Waals surface area contributed by atoms with E-state index in [1.165, 1.54) is 0 Å². The number of carbonyl (C=O) groups is 1. The Morgan fingerprint density at radius 1 is 1.17 bits per heavy atom. The number of amides is 1. The average molecular weight is 396 g/mol. The highest BCUT2D eigenvalue weighted by Gasteiger charge is 2.14. The van der Waals surface area contributed by atoms with Gasteiger partial charge in [0.1, 0.15) is 23.9 Å². The number of hydrogen-bond acceptors (Lipinski definition) is 7. The molecular formula is C20H24N6O3. The molecule has 0 aliphatic heterocycles. The second-order valence-corrected chi connectivity index (χ2v) is 7.40. The molecule has 0 fully saturated rings. The quantitative estimate of drug-likeness (QED) is 0.657. The zero-order valence-electron chi connectivity index (χ0n) is 16.6. The fourth-order valence-corrected chi connectivity index (χ4v) is 2.41. The molecule has 0 saturated carbocycles. The molecular weight excluding hydrogens is 372 g/mol. The van der Waals surface area contributed by atoms with Crippen LogP contribution in [0.25, 0.3) is 11.3 Å². The molecule has 3 N–H and O–H groups in total. The zero-order chi connectivity index (χ0) is 20.9. The van der Waals surface area contributed by atoms with Crippen LogP contribution in [0.1, 0.15) is 20.8 Å². The largest absolute Gasteiger partial charge is 0.456 e. The number of pyridine rings is 2. The molecule has 1 amide bonds. The topological polar surface area (TPSA) is 117 Å². The van der Waals surface area contributed by atoms with Crippen molar-refractivity contribution in [2.24, 2.45) is 0 Å². The van der Waals surface area contributed by atoms with Crippen molar-refractivity contribution in [3.05, 3.63) is 49.1 Å². The van der Waals surface area contributed by atoms with Gasteiger partial charge in [-0.05, 0) is 39.0 Å². The Kier molecular flexibility index (Phi) is 5.96. The summed E-state index contributed by atoms with van der Waals surface area (Å²) >= 11 is 0. The van der Waals surface area contributed by atoms with Crippen LogP contribution in [0.2, 0.25) is 0 Å². The van der Waals surface area contributed by atoms with Crippen molar-refractivity contribution in [3.8, 4) is 22.8 Å². The van der Waals surface area contributed by atoms with Crippen LogP contribution in [0, 0.1) is 0 Å². The number of nitrogens with two attached hydrogens (primary N) is 1. The number of nitrogens with zero attached hydrogens (tertiary/aromatic N) is 4. The van der Waals surface area contributed by atoms with Gasteiger partial charge in [-0.15, -0.1) is 0 Å². The van der Waals surface area contributed by atoms with E-state index in [9.17, 15) is 4.79 Å². The average Bonchev–Trinajstić information content (AvgIpc) is 3.11. The molecule has 29 heavy (non-hydrogen) atoms. The van der Waals surface area contributed by atoms with Crippen molar-refractivity contribution in [2.45, 2.75) is 32.9 Å². The third kappa shape index (κ3) is 6.20. The number of hydrogen-bond donors (Lipinski definition) is 2. The summed E-state index contributed by atoms with van der Waals surface area (Å²) in [6.45, 7) is 6.32. The molecule has 0 bridgehead atoms. The molecule has 0 spiro atoms. The molecule has 9 heteroatoms. The minimum Gasteiger partial charge on any atom is -0.456 e. The van der Waals surface area contributed by atoms with E-state index in [-0.39, 0.29) is 12.1 Å². The number of rotatable bonds is 6. The molecule has 0 aromatic carbocycles. The highest BCUT2D eigenvalue weighted by atomic mass is 16.5. The first-order valence-electron chi connectivity index (χ1n) is 9.12. The van der Waals surface area contributed by atoms with E-state index in [1.54, 1.807) is 41.5 Å². The van der Waals surface area contributed by atoms with E-state index in [1.807, 2.05) is 33.0 Å². The summed E-state index contributed by atoms with van der Waals surface area (Å²) in [5, 5.41) is 7.03. The minimum atomic E-state index is -0.450. The highest BCUT2D eigenvalue weighted by molar-refractivity contribution is 5.68. The lowest BCUT2D eigenvalue weighted by Crippen LogP contribution is -2.41. The Hall–Kier alpha value is -3.62. The molecule has 0 aliphatic carbocycles. The summed E-state index contributed by atoms with van der Waals surface area (Å²) in [6.07, 6.45) is 6.30. The van der Waals surface area contributed by atoms with E-state index < -0.39 is 6.09 Å². The van der Waals surface area contributed by atoms with Crippen molar-refractivity contribution in [3.63, 3.8) is 0 Å². The molecule has 3 aromatic rings. The Morgan fingerprint density at radius 3 is 2.72 bits per heavy atom. The molecule has 9 nitrogen and oxygen atoms in total. The highest BCUT2D eigenvalue weighted by Crippen LogP contribution is 2.25. The van der Waals surface area contributed by atoms with E-state index >= 15 is 0 Å². The number of carbonyl (C=O) groups excluding carboxylic acids is 1. The molecule has 152 valence electrons. The van der Waals surface area contributed by atoms with Crippen molar-refractivity contribution < 1.29 is 14.3 Å². The number of ether oxygens (including phenoxy) is 2. The summed E-state index contributed by atoms with van der Waals surface area (Å²) in [5.41, 5.74) is 6.78. The number of alkyl carbamates (subject to hydrolysis) is 1. The number of nitrogen functional groups attached to an aromatic ring is 1. The maximum absolute atomic E-state index is 11.7. The van der Waals surface area contributed by atoms with Crippen LogP contribution in [0.4, 0.5) is 10.6 Å². The molecule has 0 saturated heterocycles. The van der Waals surface area contributed by atoms with Gasteiger partial charge in [-0.3, -0.25) is 9.67 Å². The van der Waals surface area contributed by atoms with Crippen LogP contribution in [0.15, 0.2) is 49.1 Å². The maximum Gasteiger partial charge on any atom is 0.407 e. The predicted molar refractivity (Wildman–Crippen MR) is 108 cm³/mol. The summed E-state index contributed by atoms with van der Waals surface area (Å²) in [4.78, 5) is 20.0. The van der Waals surface area contributed by atoms with Gasteiger partial charge >= 0.3 is 6.09 Å². The van der Waals surface area contributed by atoms with Gasteiger partial charge in [-0.25, -0.2) is 9.78 Å². The van der Waals surface area contributed by atoms with E-state index in [2.05, 4.69) is 20.4 Å². The molecule has 3 aromatic heterocycles. The number of anilines is 1. The van der Waals surface area contributed by atoms with E-state index in [0.717, 1.165) is 5.56 Å². The monoisotopic (exact) mass is 396 g/mol. The third-order valence-electron chi connectivity index (χ3n) is 3.69. The van der Waals surface area contributed by atoms with Crippen LogP contribution in [-0.2, 0) is 11.3 Å². The van der Waals surface area contributed by atoms with Crippen LogP contribution in [0.5, 0.6) is 11.5 Å². The van der Waals surface area contributed by atoms with Crippen molar-refractivity contribution >= 4 is 11.9 Å². The van der Waals surface area contributed by atoms with Gasteiger partial charge in [-0.2, -0.15) is 5.10 Å². The first kappa shape index (κ1) is 20.1. The van der Waals surface area contributed by atoms with Crippen LogP contribution < -0.4 is 15.8 Å². The lowest BCUT2D eigenvalue weighted by molar-refractivity contribution is 0.132. The zero-order valence-corrected chi connectivity index (χ0v) is 16.6.